The number of hydrogen-bond acceptors (Lipinski definition) is 4. The lowest BCUT2D eigenvalue weighted by molar-refractivity contribution is -0.119. The lowest BCUT2D eigenvalue weighted by atomic mass is 10.1. The summed E-state index contributed by atoms with van der Waals surface area (Å²) in [6, 6.07) is 0. The standard InChI is InChI=1S/C12H16N4O/c13-9-7-14-12(15-11(9)8-4-5-8)16-6-2-1-3-10(16)17/h7-8H,1-6,13H2. The lowest BCUT2D eigenvalue weighted by Gasteiger charge is -2.25. The van der Waals surface area contributed by atoms with Crippen molar-refractivity contribution < 1.29 is 4.79 Å². The third kappa shape index (κ3) is 1.97. The Morgan fingerprint density at radius 2 is 2.18 bits per heavy atom. The van der Waals surface area contributed by atoms with E-state index in [-0.39, 0.29) is 5.91 Å². The van der Waals surface area contributed by atoms with E-state index in [1.54, 1.807) is 11.1 Å². The number of carbonyl (C=O) groups excluding carboxylic acids is 1. The van der Waals surface area contributed by atoms with Gasteiger partial charge in [0.05, 0.1) is 17.6 Å². The highest BCUT2D eigenvalue weighted by Crippen LogP contribution is 2.41. The van der Waals surface area contributed by atoms with E-state index in [1.807, 2.05) is 0 Å². The Kier molecular flexibility index (Phi) is 2.46. The summed E-state index contributed by atoms with van der Waals surface area (Å²) in [5, 5.41) is 0. The number of aromatic nitrogens is 2. The molecule has 0 unspecified atom stereocenters. The van der Waals surface area contributed by atoms with Gasteiger partial charge in [0.2, 0.25) is 11.9 Å². The number of anilines is 2. The van der Waals surface area contributed by atoms with Crippen LogP contribution in [-0.2, 0) is 4.79 Å². The van der Waals surface area contributed by atoms with Crippen LogP contribution in [0.25, 0.3) is 0 Å². The number of piperidine rings is 1. The number of rotatable bonds is 2. The molecule has 2 aliphatic rings. The zero-order chi connectivity index (χ0) is 11.8. The fraction of sp³-hybridized carbons (Fsp3) is 0.583. The van der Waals surface area contributed by atoms with Gasteiger partial charge in [0.15, 0.2) is 0 Å². The molecule has 0 radical (unpaired) electrons. The number of nitrogens with two attached hydrogens (primary N) is 1. The predicted octanol–water partition coefficient (Wildman–Crippen LogP) is 1.45. The van der Waals surface area contributed by atoms with E-state index in [0.717, 1.165) is 37.9 Å². The minimum absolute atomic E-state index is 0.128. The van der Waals surface area contributed by atoms with Gasteiger partial charge < -0.3 is 5.73 Å². The summed E-state index contributed by atoms with van der Waals surface area (Å²) < 4.78 is 0. The van der Waals surface area contributed by atoms with Gasteiger partial charge in [-0.3, -0.25) is 9.69 Å². The molecule has 0 aromatic carbocycles. The number of nitrogen functional groups attached to an aromatic ring is 1. The Morgan fingerprint density at radius 3 is 2.88 bits per heavy atom. The molecule has 5 heteroatoms. The maximum absolute atomic E-state index is 11.8. The van der Waals surface area contributed by atoms with Crippen molar-refractivity contribution in [2.24, 2.45) is 0 Å². The van der Waals surface area contributed by atoms with Gasteiger partial charge in [-0.2, -0.15) is 0 Å². The van der Waals surface area contributed by atoms with Crippen molar-refractivity contribution in [2.75, 3.05) is 17.2 Å². The van der Waals surface area contributed by atoms with Crippen LogP contribution in [0.2, 0.25) is 0 Å². The predicted molar refractivity (Wildman–Crippen MR) is 64.6 cm³/mol. The summed E-state index contributed by atoms with van der Waals surface area (Å²) in [4.78, 5) is 22.1. The Morgan fingerprint density at radius 1 is 1.35 bits per heavy atom. The second-order valence-electron chi connectivity index (χ2n) is 4.79. The monoisotopic (exact) mass is 232 g/mol. The van der Waals surface area contributed by atoms with Gasteiger partial charge in [0.1, 0.15) is 0 Å². The first-order chi connectivity index (χ1) is 8.25. The van der Waals surface area contributed by atoms with E-state index in [2.05, 4.69) is 9.97 Å². The lowest BCUT2D eigenvalue weighted by Crippen LogP contribution is -2.36. The van der Waals surface area contributed by atoms with Crippen LogP contribution in [0.4, 0.5) is 11.6 Å². The molecule has 1 amide bonds. The Balaban J connectivity index is 1.91. The molecule has 0 spiro atoms. The summed E-state index contributed by atoms with van der Waals surface area (Å²) >= 11 is 0. The summed E-state index contributed by atoms with van der Waals surface area (Å²) in [5.74, 6) is 1.14. The fourth-order valence-corrected chi connectivity index (χ4v) is 2.23. The highest BCUT2D eigenvalue weighted by molar-refractivity contribution is 5.92. The first-order valence-electron chi connectivity index (χ1n) is 6.18. The Hall–Kier alpha value is -1.65. The molecule has 1 saturated carbocycles. The molecule has 90 valence electrons. The van der Waals surface area contributed by atoms with Crippen LogP contribution in [-0.4, -0.2) is 22.4 Å². The maximum Gasteiger partial charge on any atom is 0.232 e. The van der Waals surface area contributed by atoms with Crippen molar-refractivity contribution in [2.45, 2.75) is 38.0 Å². The molecule has 1 aliphatic carbocycles. The maximum atomic E-state index is 11.8. The van der Waals surface area contributed by atoms with E-state index >= 15 is 0 Å². The van der Waals surface area contributed by atoms with E-state index in [1.165, 1.54) is 0 Å². The van der Waals surface area contributed by atoms with E-state index < -0.39 is 0 Å². The molecular formula is C12H16N4O. The number of carbonyl (C=O) groups is 1. The average Bonchev–Trinajstić information content (AvgIpc) is 3.15. The third-order valence-corrected chi connectivity index (χ3v) is 3.36. The van der Waals surface area contributed by atoms with Crippen LogP contribution < -0.4 is 10.6 Å². The second kappa shape index (κ2) is 3.98. The largest absolute Gasteiger partial charge is 0.396 e. The Bertz CT molecular complexity index is 456. The zero-order valence-corrected chi connectivity index (χ0v) is 9.72. The fourth-order valence-electron chi connectivity index (χ4n) is 2.23. The minimum Gasteiger partial charge on any atom is -0.396 e. The quantitative estimate of drug-likeness (QED) is 0.837. The molecule has 1 aliphatic heterocycles. The second-order valence-corrected chi connectivity index (χ2v) is 4.79. The molecule has 5 nitrogen and oxygen atoms in total. The van der Waals surface area contributed by atoms with Crippen molar-refractivity contribution in [3.05, 3.63) is 11.9 Å². The molecule has 17 heavy (non-hydrogen) atoms. The minimum atomic E-state index is 0.128. The van der Waals surface area contributed by atoms with Crippen LogP contribution in [0, 0.1) is 0 Å². The zero-order valence-electron chi connectivity index (χ0n) is 9.72. The van der Waals surface area contributed by atoms with E-state index in [0.29, 0.717) is 24.0 Å². The molecule has 1 aromatic rings. The van der Waals surface area contributed by atoms with Gasteiger partial charge in [0.25, 0.3) is 0 Å². The highest BCUT2D eigenvalue weighted by atomic mass is 16.2. The number of hydrogen-bond donors (Lipinski definition) is 1. The molecule has 0 bridgehead atoms. The molecular weight excluding hydrogens is 216 g/mol. The molecule has 2 N–H and O–H groups in total. The third-order valence-electron chi connectivity index (χ3n) is 3.36. The van der Waals surface area contributed by atoms with E-state index in [9.17, 15) is 4.79 Å². The van der Waals surface area contributed by atoms with Gasteiger partial charge in [-0.15, -0.1) is 0 Å². The van der Waals surface area contributed by atoms with Crippen molar-refractivity contribution in [1.82, 2.24) is 9.97 Å². The van der Waals surface area contributed by atoms with Gasteiger partial charge in [-0.05, 0) is 25.7 Å². The normalized spacial score (nSPS) is 20.7. The van der Waals surface area contributed by atoms with Crippen molar-refractivity contribution >= 4 is 17.5 Å². The SMILES string of the molecule is Nc1cnc(N2CCCCC2=O)nc1C1CC1. The summed E-state index contributed by atoms with van der Waals surface area (Å²) in [6.07, 6.45) is 6.53. The molecule has 3 rings (SSSR count). The Labute approximate surface area is 100 Å². The first-order valence-corrected chi connectivity index (χ1v) is 6.18. The molecule has 1 saturated heterocycles. The van der Waals surface area contributed by atoms with Crippen molar-refractivity contribution in [3.8, 4) is 0 Å². The number of amides is 1. The topological polar surface area (TPSA) is 72.1 Å². The average molecular weight is 232 g/mol. The van der Waals surface area contributed by atoms with Gasteiger partial charge in [-0.1, -0.05) is 0 Å². The van der Waals surface area contributed by atoms with Crippen LogP contribution in [0.1, 0.15) is 43.7 Å². The number of nitrogens with zero attached hydrogens (tertiary/aromatic N) is 3. The summed E-state index contributed by atoms with van der Waals surface area (Å²) in [5.41, 5.74) is 7.44. The van der Waals surface area contributed by atoms with Crippen LogP contribution in [0.5, 0.6) is 0 Å². The summed E-state index contributed by atoms with van der Waals surface area (Å²) in [6.45, 7) is 0.729. The molecule has 0 atom stereocenters. The highest BCUT2D eigenvalue weighted by Gasteiger charge is 2.29. The van der Waals surface area contributed by atoms with E-state index in [4.69, 9.17) is 5.73 Å². The van der Waals surface area contributed by atoms with Crippen molar-refractivity contribution in [1.29, 1.82) is 0 Å². The van der Waals surface area contributed by atoms with Gasteiger partial charge >= 0.3 is 0 Å². The van der Waals surface area contributed by atoms with Crippen LogP contribution >= 0.6 is 0 Å². The molecule has 2 fully saturated rings. The van der Waals surface area contributed by atoms with Crippen LogP contribution in [0.3, 0.4) is 0 Å². The molecule has 1 aromatic heterocycles. The smallest absolute Gasteiger partial charge is 0.232 e. The van der Waals surface area contributed by atoms with Gasteiger partial charge in [0, 0.05) is 18.9 Å². The summed E-state index contributed by atoms with van der Waals surface area (Å²) in [7, 11) is 0. The molecule has 2 heterocycles. The van der Waals surface area contributed by atoms with Gasteiger partial charge in [-0.25, -0.2) is 9.97 Å². The van der Waals surface area contributed by atoms with Crippen LogP contribution in [0.15, 0.2) is 6.20 Å². The van der Waals surface area contributed by atoms with Crippen molar-refractivity contribution in [3.63, 3.8) is 0 Å². The first kappa shape index (κ1) is 10.5.